The number of rotatable bonds is 6. The third-order valence-corrected chi connectivity index (χ3v) is 6.13. The number of para-hydroxylation sites is 1. The van der Waals surface area contributed by atoms with Gasteiger partial charge in [0.15, 0.2) is 11.5 Å². The number of aryl methyl sites for hydroxylation is 1. The van der Waals surface area contributed by atoms with E-state index in [4.69, 9.17) is 9.47 Å². The molecule has 0 amide bonds. The highest BCUT2D eigenvalue weighted by atomic mass is 16.5. The van der Waals surface area contributed by atoms with E-state index in [-0.39, 0.29) is 6.04 Å². The van der Waals surface area contributed by atoms with Crippen LogP contribution in [0.4, 0.5) is 0 Å². The topological polar surface area (TPSA) is 26.6 Å². The molecule has 0 bridgehead atoms. The van der Waals surface area contributed by atoms with Crippen molar-refractivity contribution in [2.75, 3.05) is 20.8 Å². The first kappa shape index (κ1) is 20.5. The van der Waals surface area contributed by atoms with Crippen LogP contribution >= 0.6 is 0 Å². The molecule has 2 heterocycles. The number of aromatic nitrogens is 1. The zero-order valence-electron chi connectivity index (χ0n) is 18.5. The van der Waals surface area contributed by atoms with Gasteiger partial charge in [0.2, 0.25) is 0 Å². The molecule has 4 heteroatoms. The van der Waals surface area contributed by atoms with Crippen LogP contribution in [0.5, 0.6) is 11.5 Å². The van der Waals surface area contributed by atoms with Crippen molar-refractivity contribution in [1.29, 1.82) is 0 Å². The molecule has 158 valence electrons. The maximum atomic E-state index is 5.72. The molecular formula is C26H32N2O2. The first-order valence-corrected chi connectivity index (χ1v) is 10.8. The second-order valence-corrected chi connectivity index (χ2v) is 8.33. The Morgan fingerprint density at radius 2 is 1.73 bits per heavy atom. The van der Waals surface area contributed by atoms with Crippen molar-refractivity contribution >= 4 is 0 Å². The molecule has 1 aromatic heterocycles. The van der Waals surface area contributed by atoms with E-state index in [1.165, 1.54) is 16.8 Å². The lowest BCUT2D eigenvalue weighted by molar-refractivity contribution is 0.216. The molecule has 0 unspecified atom stereocenters. The summed E-state index contributed by atoms with van der Waals surface area (Å²) in [4.78, 5) is 2.57. The minimum atomic E-state index is 0.208. The van der Waals surface area contributed by atoms with Gasteiger partial charge in [-0.05, 0) is 41.7 Å². The molecule has 1 aliphatic rings. The van der Waals surface area contributed by atoms with Crippen molar-refractivity contribution in [3.05, 3.63) is 83.2 Å². The summed E-state index contributed by atoms with van der Waals surface area (Å²) in [6, 6.07) is 20.0. The van der Waals surface area contributed by atoms with E-state index >= 15 is 0 Å². The lowest BCUT2D eigenvalue weighted by atomic mass is 9.96. The van der Waals surface area contributed by atoms with Crippen molar-refractivity contribution < 1.29 is 9.47 Å². The second kappa shape index (κ2) is 8.97. The predicted molar refractivity (Wildman–Crippen MR) is 121 cm³/mol. The third kappa shape index (κ3) is 3.97. The summed E-state index contributed by atoms with van der Waals surface area (Å²) in [6.45, 7) is 7.37. The Hall–Kier alpha value is -2.72. The Bertz CT molecular complexity index is 975. The van der Waals surface area contributed by atoms with E-state index in [1.54, 1.807) is 14.2 Å². The molecule has 4 nitrogen and oxygen atoms in total. The Balaban J connectivity index is 1.74. The fourth-order valence-electron chi connectivity index (χ4n) is 4.55. The van der Waals surface area contributed by atoms with Crippen LogP contribution in [0, 0.1) is 0 Å². The van der Waals surface area contributed by atoms with Gasteiger partial charge in [0.05, 0.1) is 20.3 Å². The average molecular weight is 405 g/mol. The lowest BCUT2D eigenvalue weighted by Crippen LogP contribution is -2.29. The van der Waals surface area contributed by atoms with E-state index in [9.17, 15) is 0 Å². The van der Waals surface area contributed by atoms with E-state index in [2.05, 4.69) is 72.0 Å². The van der Waals surface area contributed by atoms with Crippen LogP contribution in [-0.2, 0) is 13.1 Å². The van der Waals surface area contributed by atoms with E-state index in [1.807, 2.05) is 12.1 Å². The van der Waals surface area contributed by atoms with Gasteiger partial charge < -0.3 is 14.0 Å². The molecule has 0 fully saturated rings. The Labute approximate surface area is 180 Å². The van der Waals surface area contributed by atoms with Gasteiger partial charge >= 0.3 is 0 Å². The zero-order valence-corrected chi connectivity index (χ0v) is 18.5. The number of fused-ring (bicyclic) bond motifs is 1. The minimum Gasteiger partial charge on any atom is -0.493 e. The fourth-order valence-corrected chi connectivity index (χ4v) is 4.55. The second-order valence-electron chi connectivity index (χ2n) is 8.33. The van der Waals surface area contributed by atoms with Crippen LogP contribution in [0.25, 0.3) is 0 Å². The highest BCUT2D eigenvalue weighted by Gasteiger charge is 2.28. The molecule has 1 aliphatic heterocycles. The van der Waals surface area contributed by atoms with Gasteiger partial charge in [-0.3, -0.25) is 4.90 Å². The Morgan fingerprint density at radius 3 is 2.43 bits per heavy atom. The summed E-state index contributed by atoms with van der Waals surface area (Å²) in [6.07, 6.45) is 3.33. The number of nitrogens with zero attached hydrogens (tertiary/aromatic N) is 2. The van der Waals surface area contributed by atoms with Gasteiger partial charge in [-0.2, -0.15) is 0 Å². The monoisotopic (exact) mass is 404 g/mol. The molecule has 0 radical (unpaired) electrons. The lowest BCUT2D eigenvalue weighted by Gasteiger charge is -2.31. The van der Waals surface area contributed by atoms with Crippen molar-refractivity contribution in [3.8, 4) is 11.5 Å². The van der Waals surface area contributed by atoms with Crippen LogP contribution in [0.15, 0.2) is 60.8 Å². The quantitative estimate of drug-likeness (QED) is 0.533. The van der Waals surface area contributed by atoms with Crippen molar-refractivity contribution in [1.82, 2.24) is 9.47 Å². The summed E-state index contributed by atoms with van der Waals surface area (Å²) < 4.78 is 13.7. The highest BCUT2D eigenvalue weighted by Crippen LogP contribution is 2.37. The smallest absolute Gasteiger partial charge is 0.165 e. The summed E-state index contributed by atoms with van der Waals surface area (Å²) in [5, 5.41) is 0. The number of hydrogen-bond acceptors (Lipinski definition) is 3. The Kier molecular flexibility index (Phi) is 6.14. The molecule has 30 heavy (non-hydrogen) atoms. The van der Waals surface area contributed by atoms with Gasteiger partial charge in [0, 0.05) is 37.1 Å². The van der Waals surface area contributed by atoms with Gasteiger partial charge in [0.1, 0.15) is 0 Å². The average Bonchev–Trinajstić information content (AvgIpc) is 3.15. The summed E-state index contributed by atoms with van der Waals surface area (Å²) >= 11 is 0. The Morgan fingerprint density at radius 1 is 0.933 bits per heavy atom. The van der Waals surface area contributed by atoms with Gasteiger partial charge in [-0.1, -0.05) is 50.2 Å². The molecule has 2 aromatic carbocycles. The van der Waals surface area contributed by atoms with Crippen molar-refractivity contribution in [2.24, 2.45) is 0 Å². The van der Waals surface area contributed by atoms with Crippen LogP contribution in [0.1, 0.15) is 54.6 Å². The summed E-state index contributed by atoms with van der Waals surface area (Å²) in [7, 11) is 3.41. The summed E-state index contributed by atoms with van der Waals surface area (Å²) in [5.74, 6) is 2.15. The van der Waals surface area contributed by atoms with Crippen molar-refractivity contribution in [2.45, 2.75) is 45.3 Å². The predicted octanol–water partition coefficient (Wildman–Crippen LogP) is 5.62. The largest absolute Gasteiger partial charge is 0.493 e. The highest BCUT2D eigenvalue weighted by molar-refractivity contribution is 5.47. The van der Waals surface area contributed by atoms with Gasteiger partial charge in [-0.15, -0.1) is 0 Å². The molecule has 1 atom stereocenters. The number of hydrogen-bond donors (Lipinski definition) is 0. The molecule has 3 aromatic rings. The molecular weight excluding hydrogens is 372 g/mol. The fraction of sp³-hybridized carbons (Fsp3) is 0.385. The normalized spacial score (nSPS) is 16.9. The molecule has 0 spiro atoms. The minimum absolute atomic E-state index is 0.208. The van der Waals surface area contributed by atoms with Crippen molar-refractivity contribution in [3.63, 3.8) is 0 Å². The van der Waals surface area contributed by atoms with Crippen LogP contribution in [0.3, 0.4) is 0 Å². The van der Waals surface area contributed by atoms with Crippen LogP contribution < -0.4 is 9.47 Å². The molecule has 4 rings (SSSR count). The molecule has 0 saturated carbocycles. The molecule has 0 saturated heterocycles. The van der Waals surface area contributed by atoms with E-state index < -0.39 is 0 Å². The number of methoxy groups -OCH3 is 2. The maximum absolute atomic E-state index is 5.72. The zero-order chi connectivity index (χ0) is 21.1. The first-order valence-electron chi connectivity index (χ1n) is 10.8. The van der Waals surface area contributed by atoms with Gasteiger partial charge in [-0.25, -0.2) is 0 Å². The summed E-state index contributed by atoms with van der Waals surface area (Å²) in [5.41, 5.74) is 5.22. The molecule has 0 N–H and O–H groups in total. The molecule has 0 aliphatic carbocycles. The first-order chi connectivity index (χ1) is 14.6. The van der Waals surface area contributed by atoms with Crippen LogP contribution in [-0.4, -0.2) is 30.2 Å². The van der Waals surface area contributed by atoms with Gasteiger partial charge in [0.25, 0.3) is 0 Å². The number of ether oxygens (including phenoxy) is 2. The standard InChI is InChI=1S/C26H32N2O2/c1-19(2)20-11-13-21(14-12-20)25-23-9-6-15-27(23)16-7-17-28(25)18-22-8-5-10-24(29-3)26(22)30-4/h5-6,8-15,19,25H,7,16-18H2,1-4H3/t25-/m1/s1. The SMILES string of the molecule is COc1cccc(CN2CCCn3cccc3[C@H]2c2ccc(C(C)C)cc2)c1OC. The van der Waals surface area contributed by atoms with E-state index in [0.717, 1.165) is 43.1 Å². The van der Waals surface area contributed by atoms with Crippen LogP contribution in [0.2, 0.25) is 0 Å². The maximum Gasteiger partial charge on any atom is 0.165 e. The van der Waals surface area contributed by atoms with E-state index in [0.29, 0.717) is 5.92 Å². The third-order valence-electron chi connectivity index (χ3n) is 6.13. The number of benzene rings is 2.